The van der Waals surface area contributed by atoms with Gasteiger partial charge in [0.25, 0.3) is 0 Å². The van der Waals surface area contributed by atoms with Crippen molar-refractivity contribution >= 4 is 11.9 Å². The van der Waals surface area contributed by atoms with E-state index in [1.54, 1.807) is 0 Å². The van der Waals surface area contributed by atoms with Gasteiger partial charge in [0.15, 0.2) is 0 Å². The summed E-state index contributed by atoms with van der Waals surface area (Å²) in [4.78, 5) is 26.0. The number of nitrogens with one attached hydrogen (secondary N) is 1. The fraction of sp³-hybridized carbons (Fsp3) is 0.736. The van der Waals surface area contributed by atoms with E-state index in [1.165, 1.54) is 109 Å². The second-order valence-electron chi connectivity index (χ2n) is 16.5. The molecule has 0 aromatic heterocycles. The van der Waals surface area contributed by atoms with Gasteiger partial charge >= 0.3 is 5.97 Å². The number of aliphatic hydroxyl groups excluding tert-OH is 2. The molecule has 0 aromatic carbocycles. The highest BCUT2D eigenvalue weighted by molar-refractivity contribution is 5.77. The van der Waals surface area contributed by atoms with Crippen LogP contribution < -0.4 is 5.32 Å². The molecule has 6 nitrogen and oxygen atoms in total. The van der Waals surface area contributed by atoms with Crippen LogP contribution >= 0.6 is 0 Å². The number of carbonyl (C=O) groups excluding carboxylic acids is 2. The van der Waals surface area contributed by atoms with Crippen LogP contribution in [0.25, 0.3) is 0 Å². The summed E-state index contributed by atoms with van der Waals surface area (Å²) >= 11 is 0. The SMILES string of the molecule is CC/C=C\C/C=C\C/C=C\C/C=C\C/C=C\CC(CC(=O)NC(CO)C(O)CCCCCCCCCCCC)OC(=O)CCCCCCCCC/C=C\CCCCCC. The zero-order valence-corrected chi connectivity index (χ0v) is 38.6. The molecule has 0 saturated carbocycles. The lowest BCUT2D eigenvalue weighted by molar-refractivity contribution is -0.150. The lowest BCUT2D eigenvalue weighted by Gasteiger charge is -2.24. The minimum Gasteiger partial charge on any atom is -0.461 e. The number of esters is 1. The van der Waals surface area contributed by atoms with E-state index >= 15 is 0 Å². The van der Waals surface area contributed by atoms with Gasteiger partial charge in [0.05, 0.1) is 25.2 Å². The Kier molecular flexibility index (Phi) is 44.2. The molecule has 340 valence electrons. The number of hydrogen-bond acceptors (Lipinski definition) is 5. The van der Waals surface area contributed by atoms with Gasteiger partial charge in [-0.15, -0.1) is 0 Å². The quantitative estimate of drug-likeness (QED) is 0.0323. The summed E-state index contributed by atoms with van der Waals surface area (Å²) in [5.74, 6) is -0.588. The monoisotopic (exact) mass is 824 g/mol. The summed E-state index contributed by atoms with van der Waals surface area (Å²) in [5, 5.41) is 23.6. The van der Waals surface area contributed by atoms with Crippen molar-refractivity contribution in [2.45, 2.75) is 244 Å². The molecule has 0 aliphatic rings. The highest BCUT2D eigenvalue weighted by Crippen LogP contribution is 2.16. The van der Waals surface area contributed by atoms with Gasteiger partial charge in [0.1, 0.15) is 6.10 Å². The molecule has 1 amide bonds. The van der Waals surface area contributed by atoms with Gasteiger partial charge < -0.3 is 20.3 Å². The third-order valence-electron chi connectivity index (χ3n) is 10.8. The summed E-state index contributed by atoms with van der Waals surface area (Å²) in [7, 11) is 0. The van der Waals surface area contributed by atoms with Gasteiger partial charge in [-0.05, 0) is 70.6 Å². The normalized spacial score (nSPS) is 13.9. The van der Waals surface area contributed by atoms with Crippen molar-refractivity contribution in [3.63, 3.8) is 0 Å². The Morgan fingerprint density at radius 3 is 1.44 bits per heavy atom. The number of aliphatic hydroxyl groups is 2. The van der Waals surface area contributed by atoms with Gasteiger partial charge in [-0.1, -0.05) is 209 Å². The van der Waals surface area contributed by atoms with E-state index in [0.29, 0.717) is 19.3 Å². The average molecular weight is 824 g/mol. The summed E-state index contributed by atoms with van der Waals surface area (Å²) < 4.78 is 5.86. The Morgan fingerprint density at radius 2 is 0.949 bits per heavy atom. The molecule has 0 rings (SSSR count). The minimum atomic E-state index is -0.813. The first-order valence-electron chi connectivity index (χ1n) is 24.7. The largest absolute Gasteiger partial charge is 0.461 e. The Morgan fingerprint density at radius 1 is 0.525 bits per heavy atom. The molecule has 0 aliphatic carbocycles. The van der Waals surface area contributed by atoms with Crippen molar-refractivity contribution in [3.8, 4) is 0 Å². The van der Waals surface area contributed by atoms with E-state index in [4.69, 9.17) is 4.74 Å². The third-order valence-corrected chi connectivity index (χ3v) is 10.8. The Labute approximate surface area is 364 Å². The predicted molar refractivity (Wildman–Crippen MR) is 255 cm³/mol. The molecule has 0 bridgehead atoms. The van der Waals surface area contributed by atoms with Crippen LogP contribution in [0.2, 0.25) is 0 Å². The first-order chi connectivity index (χ1) is 29.0. The highest BCUT2D eigenvalue weighted by atomic mass is 16.5. The van der Waals surface area contributed by atoms with Crippen LogP contribution in [-0.2, 0) is 14.3 Å². The molecule has 3 N–H and O–H groups in total. The zero-order chi connectivity index (χ0) is 43.1. The molecule has 0 saturated heterocycles. The Bertz CT molecular complexity index is 1110. The van der Waals surface area contributed by atoms with Crippen LogP contribution in [0, 0.1) is 0 Å². The Balaban J connectivity index is 4.75. The number of ether oxygens (including phenoxy) is 1. The number of amides is 1. The number of allylic oxidation sites excluding steroid dienone is 11. The highest BCUT2D eigenvalue weighted by Gasteiger charge is 2.23. The predicted octanol–water partition coefficient (Wildman–Crippen LogP) is 14.6. The van der Waals surface area contributed by atoms with Crippen molar-refractivity contribution < 1.29 is 24.5 Å². The third kappa shape index (κ3) is 41.8. The fourth-order valence-corrected chi connectivity index (χ4v) is 7.03. The van der Waals surface area contributed by atoms with Crippen LogP contribution in [0.4, 0.5) is 0 Å². The van der Waals surface area contributed by atoms with E-state index in [1.807, 2.05) is 12.2 Å². The minimum absolute atomic E-state index is 0.00439. The number of hydrogen-bond donors (Lipinski definition) is 3. The molecule has 6 heteroatoms. The van der Waals surface area contributed by atoms with E-state index in [0.717, 1.165) is 70.6 Å². The average Bonchev–Trinajstić information content (AvgIpc) is 3.23. The van der Waals surface area contributed by atoms with Gasteiger partial charge in [0, 0.05) is 12.8 Å². The molecular weight excluding hydrogens is 731 g/mol. The number of carbonyl (C=O) groups is 2. The lowest BCUT2D eigenvalue weighted by Crippen LogP contribution is -2.46. The first kappa shape index (κ1) is 56.3. The molecular formula is C53H93NO5. The van der Waals surface area contributed by atoms with Crippen molar-refractivity contribution in [3.05, 3.63) is 72.9 Å². The zero-order valence-electron chi connectivity index (χ0n) is 38.6. The van der Waals surface area contributed by atoms with Crippen LogP contribution in [0.1, 0.15) is 226 Å². The maximum absolute atomic E-state index is 13.1. The molecule has 59 heavy (non-hydrogen) atoms. The lowest BCUT2D eigenvalue weighted by atomic mass is 10.0. The standard InChI is InChI=1S/C53H93NO5/c1-4-7-10-13-16-19-22-24-26-28-30-32-35-38-41-44-49(59-53(58)46-43-40-37-34-31-29-27-25-23-20-17-14-11-8-5-2)47-52(57)54-50(48-55)51(56)45-42-39-36-33-21-18-15-12-9-6-3/h7,10,16,19-20,23-24,26,30,32,38,41,49-51,55-56H,4-6,8-9,11-15,17-18,21-22,25,27-29,31,33-37,39-40,42-48H2,1-3H3,(H,54,57)/b10-7-,19-16-,23-20-,26-24-,32-30-,41-38-. The van der Waals surface area contributed by atoms with Crippen molar-refractivity contribution in [1.82, 2.24) is 5.32 Å². The molecule has 0 spiro atoms. The van der Waals surface area contributed by atoms with E-state index in [9.17, 15) is 19.8 Å². The maximum atomic E-state index is 13.1. The van der Waals surface area contributed by atoms with E-state index in [-0.39, 0.29) is 24.9 Å². The molecule has 0 heterocycles. The van der Waals surface area contributed by atoms with Crippen LogP contribution in [0.5, 0.6) is 0 Å². The summed E-state index contributed by atoms with van der Waals surface area (Å²) in [6.45, 7) is 6.31. The van der Waals surface area contributed by atoms with Gasteiger partial charge in [-0.25, -0.2) is 0 Å². The molecule has 0 fully saturated rings. The van der Waals surface area contributed by atoms with Crippen LogP contribution in [0.15, 0.2) is 72.9 Å². The molecule has 3 atom stereocenters. The van der Waals surface area contributed by atoms with Gasteiger partial charge in [0.2, 0.25) is 5.91 Å². The van der Waals surface area contributed by atoms with Gasteiger partial charge in [-0.3, -0.25) is 9.59 Å². The van der Waals surface area contributed by atoms with Crippen molar-refractivity contribution in [2.24, 2.45) is 0 Å². The van der Waals surface area contributed by atoms with Crippen LogP contribution in [0.3, 0.4) is 0 Å². The summed E-state index contributed by atoms with van der Waals surface area (Å²) in [6.07, 6.45) is 58.3. The van der Waals surface area contributed by atoms with Crippen molar-refractivity contribution in [1.29, 1.82) is 0 Å². The topological polar surface area (TPSA) is 95.9 Å². The second-order valence-corrected chi connectivity index (χ2v) is 16.5. The molecule has 0 aliphatic heterocycles. The first-order valence-corrected chi connectivity index (χ1v) is 24.7. The number of unbranched alkanes of at least 4 members (excludes halogenated alkanes) is 20. The maximum Gasteiger partial charge on any atom is 0.306 e. The fourth-order valence-electron chi connectivity index (χ4n) is 7.03. The molecule has 0 radical (unpaired) electrons. The van der Waals surface area contributed by atoms with Crippen LogP contribution in [-0.4, -0.2) is 46.9 Å². The smallest absolute Gasteiger partial charge is 0.306 e. The summed E-state index contributed by atoms with van der Waals surface area (Å²) in [6, 6.07) is -0.733. The van der Waals surface area contributed by atoms with Gasteiger partial charge in [-0.2, -0.15) is 0 Å². The summed E-state index contributed by atoms with van der Waals surface area (Å²) in [5.41, 5.74) is 0. The Hall–Kier alpha value is -2.70. The molecule has 0 aromatic rings. The van der Waals surface area contributed by atoms with Crippen molar-refractivity contribution in [2.75, 3.05) is 6.61 Å². The molecule has 3 unspecified atom stereocenters. The van der Waals surface area contributed by atoms with E-state index in [2.05, 4.69) is 86.8 Å². The van der Waals surface area contributed by atoms with E-state index < -0.39 is 18.2 Å². The number of rotatable bonds is 43. The second kappa shape index (κ2) is 46.4.